The molecule has 0 aromatic carbocycles. The molecule has 3 atom stereocenters. The van der Waals surface area contributed by atoms with E-state index in [1.54, 1.807) is 0 Å². The fourth-order valence-corrected chi connectivity index (χ4v) is 1.20. The lowest BCUT2D eigenvalue weighted by molar-refractivity contribution is -0.141. The SMILES string of the molecule is O=C(O)C1C[C@@H](O)[C@@H](O)C1. The average Bonchev–Trinajstić information content (AvgIpc) is 2.13. The van der Waals surface area contributed by atoms with Crippen LogP contribution in [-0.2, 0) is 4.79 Å². The number of aliphatic hydroxyl groups is 2. The zero-order chi connectivity index (χ0) is 7.72. The van der Waals surface area contributed by atoms with Crippen LogP contribution in [0.4, 0.5) is 0 Å². The molecule has 1 rings (SSSR count). The second kappa shape index (κ2) is 2.56. The average molecular weight is 146 g/mol. The molecule has 1 unspecified atom stereocenters. The number of carboxylic acids is 1. The third kappa shape index (κ3) is 1.27. The van der Waals surface area contributed by atoms with Crippen LogP contribution in [0.2, 0.25) is 0 Å². The zero-order valence-electron chi connectivity index (χ0n) is 5.40. The number of carbonyl (C=O) groups is 1. The first kappa shape index (κ1) is 7.50. The van der Waals surface area contributed by atoms with Crippen LogP contribution in [0.15, 0.2) is 0 Å². The van der Waals surface area contributed by atoms with Crippen molar-refractivity contribution >= 4 is 5.97 Å². The van der Waals surface area contributed by atoms with Gasteiger partial charge in [0.1, 0.15) is 0 Å². The van der Waals surface area contributed by atoms with Gasteiger partial charge in [0.25, 0.3) is 0 Å². The van der Waals surface area contributed by atoms with Gasteiger partial charge in [-0.15, -0.1) is 0 Å². The molecule has 58 valence electrons. The van der Waals surface area contributed by atoms with Gasteiger partial charge in [0.2, 0.25) is 0 Å². The van der Waals surface area contributed by atoms with Crippen LogP contribution in [0.1, 0.15) is 12.8 Å². The van der Waals surface area contributed by atoms with Crippen LogP contribution in [0, 0.1) is 5.92 Å². The van der Waals surface area contributed by atoms with E-state index in [0.717, 1.165) is 0 Å². The highest BCUT2D eigenvalue weighted by Gasteiger charge is 2.35. The van der Waals surface area contributed by atoms with Gasteiger partial charge in [-0.3, -0.25) is 4.79 Å². The Morgan fingerprint density at radius 3 is 1.80 bits per heavy atom. The van der Waals surface area contributed by atoms with Crippen molar-refractivity contribution in [2.75, 3.05) is 0 Å². The summed E-state index contributed by atoms with van der Waals surface area (Å²) in [6.07, 6.45) is -1.34. The van der Waals surface area contributed by atoms with Gasteiger partial charge in [0, 0.05) is 0 Å². The molecule has 0 saturated heterocycles. The Bertz CT molecular complexity index is 135. The van der Waals surface area contributed by atoms with E-state index >= 15 is 0 Å². The van der Waals surface area contributed by atoms with Crippen molar-refractivity contribution in [2.24, 2.45) is 5.92 Å². The Labute approximate surface area is 58.1 Å². The highest BCUT2D eigenvalue weighted by atomic mass is 16.4. The van der Waals surface area contributed by atoms with Gasteiger partial charge in [-0.05, 0) is 12.8 Å². The first-order chi connectivity index (χ1) is 4.61. The van der Waals surface area contributed by atoms with Crippen molar-refractivity contribution in [3.63, 3.8) is 0 Å². The largest absolute Gasteiger partial charge is 0.481 e. The topological polar surface area (TPSA) is 77.8 Å². The van der Waals surface area contributed by atoms with Crippen molar-refractivity contribution in [2.45, 2.75) is 25.0 Å². The van der Waals surface area contributed by atoms with Gasteiger partial charge in [-0.25, -0.2) is 0 Å². The summed E-state index contributed by atoms with van der Waals surface area (Å²) in [7, 11) is 0. The first-order valence-electron chi connectivity index (χ1n) is 3.20. The Hall–Kier alpha value is -0.610. The van der Waals surface area contributed by atoms with Gasteiger partial charge in [0.05, 0.1) is 18.1 Å². The minimum absolute atomic E-state index is 0.177. The molecule has 1 fully saturated rings. The van der Waals surface area contributed by atoms with Crippen molar-refractivity contribution in [3.05, 3.63) is 0 Å². The Kier molecular flexibility index (Phi) is 1.92. The van der Waals surface area contributed by atoms with Crippen molar-refractivity contribution < 1.29 is 20.1 Å². The quantitative estimate of drug-likeness (QED) is 0.452. The highest BCUT2D eigenvalue weighted by molar-refractivity contribution is 5.70. The monoisotopic (exact) mass is 146 g/mol. The third-order valence-electron chi connectivity index (χ3n) is 1.85. The minimum atomic E-state index is -0.935. The van der Waals surface area contributed by atoms with E-state index in [4.69, 9.17) is 15.3 Å². The number of aliphatic carboxylic acids is 1. The fourth-order valence-electron chi connectivity index (χ4n) is 1.20. The lowest BCUT2D eigenvalue weighted by atomic mass is 10.1. The minimum Gasteiger partial charge on any atom is -0.481 e. The lowest BCUT2D eigenvalue weighted by Crippen LogP contribution is -2.17. The standard InChI is InChI=1S/C6H10O4/c7-4-1-3(6(9)10)2-5(4)8/h3-5,7-8H,1-2H2,(H,9,10)/t3?,4-,5+. The van der Waals surface area contributed by atoms with E-state index in [9.17, 15) is 4.79 Å². The van der Waals surface area contributed by atoms with Crippen LogP contribution in [0.5, 0.6) is 0 Å². The highest BCUT2D eigenvalue weighted by Crippen LogP contribution is 2.25. The molecule has 3 N–H and O–H groups in total. The maximum Gasteiger partial charge on any atom is 0.306 e. The summed E-state index contributed by atoms with van der Waals surface area (Å²) in [6.45, 7) is 0. The molecule has 0 amide bonds. The summed E-state index contributed by atoms with van der Waals surface area (Å²) in [5.74, 6) is -1.50. The van der Waals surface area contributed by atoms with E-state index in [-0.39, 0.29) is 12.8 Å². The third-order valence-corrected chi connectivity index (χ3v) is 1.85. The van der Waals surface area contributed by atoms with Crippen LogP contribution < -0.4 is 0 Å². The molecule has 4 nitrogen and oxygen atoms in total. The van der Waals surface area contributed by atoms with E-state index in [1.165, 1.54) is 0 Å². The van der Waals surface area contributed by atoms with Crippen molar-refractivity contribution in [1.82, 2.24) is 0 Å². The van der Waals surface area contributed by atoms with E-state index in [2.05, 4.69) is 0 Å². The Balaban J connectivity index is 2.49. The first-order valence-corrected chi connectivity index (χ1v) is 3.20. The smallest absolute Gasteiger partial charge is 0.306 e. The summed E-state index contributed by atoms with van der Waals surface area (Å²) in [4.78, 5) is 10.3. The molecule has 0 spiro atoms. The maximum atomic E-state index is 10.3. The molecule has 0 aliphatic heterocycles. The number of hydrogen-bond acceptors (Lipinski definition) is 3. The number of carboxylic acid groups (broad SMARTS) is 1. The van der Waals surface area contributed by atoms with Crippen molar-refractivity contribution in [3.8, 4) is 0 Å². The second-order valence-corrected chi connectivity index (χ2v) is 2.64. The molecule has 1 saturated carbocycles. The number of aliphatic hydroxyl groups excluding tert-OH is 2. The van der Waals surface area contributed by atoms with E-state index in [1.807, 2.05) is 0 Å². The molecule has 0 bridgehead atoms. The predicted octanol–water partition coefficient (Wildman–Crippen LogP) is -0.797. The molecule has 0 radical (unpaired) electrons. The molecule has 4 heteroatoms. The molecule has 0 heterocycles. The maximum absolute atomic E-state index is 10.3. The molecule has 0 aromatic rings. The van der Waals surface area contributed by atoms with Crippen LogP contribution in [-0.4, -0.2) is 33.5 Å². The number of rotatable bonds is 1. The van der Waals surface area contributed by atoms with E-state index < -0.39 is 24.1 Å². The summed E-state index contributed by atoms with van der Waals surface area (Å²) in [6, 6.07) is 0. The normalized spacial score (nSPS) is 40.0. The summed E-state index contributed by atoms with van der Waals surface area (Å²) in [5, 5.41) is 26.2. The second-order valence-electron chi connectivity index (χ2n) is 2.64. The molecule has 1 aliphatic rings. The number of hydrogen-bond donors (Lipinski definition) is 3. The van der Waals surface area contributed by atoms with Gasteiger partial charge in [-0.2, -0.15) is 0 Å². The predicted molar refractivity (Wildman–Crippen MR) is 32.4 cm³/mol. The van der Waals surface area contributed by atoms with Gasteiger partial charge < -0.3 is 15.3 Å². The molecular weight excluding hydrogens is 136 g/mol. The van der Waals surface area contributed by atoms with Gasteiger partial charge in [0.15, 0.2) is 0 Å². The van der Waals surface area contributed by atoms with E-state index in [0.29, 0.717) is 0 Å². The molecule has 1 aliphatic carbocycles. The Morgan fingerprint density at radius 2 is 1.60 bits per heavy atom. The molecular formula is C6H10O4. The van der Waals surface area contributed by atoms with Crippen molar-refractivity contribution in [1.29, 1.82) is 0 Å². The van der Waals surface area contributed by atoms with Gasteiger partial charge in [-0.1, -0.05) is 0 Å². The van der Waals surface area contributed by atoms with Crippen LogP contribution in [0.25, 0.3) is 0 Å². The molecule has 10 heavy (non-hydrogen) atoms. The van der Waals surface area contributed by atoms with Crippen LogP contribution >= 0.6 is 0 Å². The van der Waals surface area contributed by atoms with Crippen LogP contribution in [0.3, 0.4) is 0 Å². The lowest BCUT2D eigenvalue weighted by Gasteiger charge is -2.03. The molecule has 0 aromatic heterocycles. The summed E-state index contributed by atoms with van der Waals surface area (Å²) >= 11 is 0. The summed E-state index contributed by atoms with van der Waals surface area (Å²) < 4.78 is 0. The summed E-state index contributed by atoms with van der Waals surface area (Å²) in [5.41, 5.74) is 0. The zero-order valence-corrected chi connectivity index (χ0v) is 5.40. The Morgan fingerprint density at radius 1 is 1.20 bits per heavy atom. The fraction of sp³-hybridized carbons (Fsp3) is 0.833. The van der Waals surface area contributed by atoms with Gasteiger partial charge >= 0.3 is 5.97 Å².